The molecular formula is C20H26O2S. The van der Waals surface area contributed by atoms with Crippen LogP contribution >= 0.6 is 11.8 Å². The van der Waals surface area contributed by atoms with Crippen LogP contribution in [0, 0.1) is 0 Å². The van der Waals surface area contributed by atoms with Gasteiger partial charge in [0.2, 0.25) is 0 Å². The fourth-order valence-corrected chi connectivity index (χ4v) is 3.54. The Hall–Kier alpha value is -1.74. The number of aromatic hydroxyl groups is 1. The Morgan fingerprint density at radius 1 is 1.30 bits per heavy atom. The summed E-state index contributed by atoms with van der Waals surface area (Å²) >= 11 is 1.79. The first-order valence-electron chi connectivity index (χ1n) is 7.78. The summed E-state index contributed by atoms with van der Waals surface area (Å²) < 4.78 is 0.0688. The molecule has 3 heteroatoms. The molecule has 124 valence electrons. The molecule has 0 aliphatic carbocycles. The van der Waals surface area contributed by atoms with Gasteiger partial charge in [-0.1, -0.05) is 64.3 Å². The van der Waals surface area contributed by atoms with Crippen molar-refractivity contribution in [1.82, 2.24) is 0 Å². The van der Waals surface area contributed by atoms with Gasteiger partial charge in [-0.3, -0.25) is 4.79 Å². The normalized spacial score (nSPS) is 13.4. The third kappa shape index (κ3) is 6.11. The van der Waals surface area contributed by atoms with Gasteiger partial charge in [0.05, 0.1) is 0 Å². The number of carbonyl (C=O) groups is 1. The second kappa shape index (κ2) is 8.78. The summed E-state index contributed by atoms with van der Waals surface area (Å²) in [4.78, 5) is 12.5. The molecule has 0 amide bonds. The first-order valence-corrected chi connectivity index (χ1v) is 8.66. The SMILES string of the molecule is C=C/C=C(\C=C)C(=O)CC(SC(C)(C)CC)c1ccc(O)cc1. The summed E-state index contributed by atoms with van der Waals surface area (Å²) in [7, 11) is 0. The summed E-state index contributed by atoms with van der Waals surface area (Å²) in [5, 5.41) is 9.52. The Labute approximate surface area is 144 Å². The van der Waals surface area contributed by atoms with Crippen LogP contribution in [0.15, 0.2) is 61.2 Å². The van der Waals surface area contributed by atoms with E-state index in [0.29, 0.717) is 12.0 Å². The first-order chi connectivity index (χ1) is 10.8. The summed E-state index contributed by atoms with van der Waals surface area (Å²) in [5.41, 5.74) is 1.63. The highest BCUT2D eigenvalue weighted by atomic mass is 32.2. The number of hydrogen-bond acceptors (Lipinski definition) is 3. The zero-order chi connectivity index (χ0) is 17.5. The van der Waals surface area contributed by atoms with Crippen LogP contribution in [0.2, 0.25) is 0 Å². The van der Waals surface area contributed by atoms with Gasteiger partial charge in [-0.15, -0.1) is 11.8 Å². The molecule has 0 saturated heterocycles. The molecular weight excluding hydrogens is 304 g/mol. The Bertz CT molecular complexity index is 582. The van der Waals surface area contributed by atoms with Crippen LogP contribution in [-0.4, -0.2) is 15.6 Å². The molecule has 1 rings (SSSR count). The van der Waals surface area contributed by atoms with E-state index >= 15 is 0 Å². The summed E-state index contributed by atoms with van der Waals surface area (Å²) in [6, 6.07) is 7.11. The maximum absolute atomic E-state index is 12.5. The van der Waals surface area contributed by atoms with Crippen molar-refractivity contribution in [3.8, 4) is 5.75 Å². The minimum Gasteiger partial charge on any atom is -0.508 e. The van der Waals surface area contributed by atoms with Gasteiger partial charge in [0, 0.05) is 22.0 Å². The van der Waals surface area contributed by atoms with Gasteiger partial charge in [-0.2, -0.15) is 0 Å². The van der Waals surface area contributed by atoms with E-state index in [9.17, 15) is 9.90 Å². The second-order valence-electron chi connectivity index (χ2n) is 6.00. The Kier molecular flexibility index (Phi) is 7.37. The van der Waals surface area contributed by atoms with Crippen molar-refractivity contribution in [3.63, 3.8) is 0 Å². The van der Waals surface area contributed by atoms with Crippen LogP contribution in [-0.2, 0) is 4.79 Å². The van der Waals surface area contributed by atoms with Crippen LogP contribution < -0.4 is 0 Å². The third-order valence-corrected chi connectivity index (χ3v) is 5.44. The van der Waals surface area contributed by atoms with Gasteiger partial charge in [0.25, 0.3) is 0 Å². The van der Waals surface area contributed by atoms with Crippen molar-refractivity contribution in [1.29, 1.82) is 0 Å². The quantitative estimate of drug-likeness (QED) is 0.472. The lowest BCUT2D eigenvalue weighted by Crippen LogP contribution is -2.17. The molecule has 0 aromatic heterocycles. The summed E-state index contributed by atoms with van der Waals surface area (Å²) in [5.74, 6) is 0.286. The van der Waals surface area contributed by atoms with Crippen LogP contribution in [0.5, 0.6) is 5.75 Å². The van der Waals surface area contributed by atoms with Crippen LogP contribution in [0.1, 0.15) is 44.4 Å². The predicted molar refractivity (Wildman–Crippen MR) is 101 cm³/mol. The van der Waals surface area contributed by atoms with Gasteiger partial charge in [0.15, 0.2) is 5.78 Å². The molecule has 1 N–H and O–H groups in total. The van der Waals surface area contributed by atoms with E-state index < -0.39 is 0 Å². The maximum Gasteiger partial charge on any atom is 0.164 e. The number of phenolic OH excluding ortho intramolecular Hbond substituents is 1. The number of carbonyl (C=O) groups excluding carboxylic acids is 1. The average molecular weight is 330 g/mol. The van der Waals surface area contributed by atoms with Crippen molar-refractivity contribution < 1.29 is 9.90 Å². The molecule has 0 radical (unpaired) electrons. The minimum absolute atomic E-state index is 0.0335. The number of rotatable bonds is 9. The fraction of sp³-hybridized carbons (Fsp3) is 0.350. The van der Waals surface area contributed by atoms with E-state index in [4.69, 9.17) is 0 Å². The number of phenols is 1. The molecule has 0 saturated carbocycles. The van der Waals surface area contributed by atoms with Crippen molar-refractivity contribution in [2.75, 3.05) is 0 Å². The summed E-state index contributed by atoms with van der Waals surface area (Å²) in [6.07, 6.45) is 6.28. The van der Waals surface area contributed by atoms with E-state index in [1.165, 1.54) is 0 Å². The number of benzene rings is 1. The smallest absolute Gasteiger partial charge is 0.164 e. The van der Waals surface area contributed by atoms with E-state index in [1.54, 1.807) is 42.1 Å². The molecule has 0 spiro atoms. The molecule has 1 atom stereocenters. The lowest BCUT2D eigenvalue weighted by Gasteiger charge is -2.28. The molecule has 0 aliphatic heterocycles. The Morgan fingerprint density at radius 3 is 2.39 bits per heavy atom. The van der Waals surface area contributed by atoms with Crippen LogP contribution in [0.3, 0.4) is 0 Å². The number of ketones is 1. The van der Waals surface area contributed by atoms with Gasteiger partial charge in [0.1, 0.15) is 5.75 Å². The number of thioether (sulfide) groups is 1. The average Bonchev–Trinajstić information content (AvgIpc) is 2.52. The lowest BCUT2D eigenvalue weighted by molar-refractivity contribution is -0.115. The monoisotopic (exact) mass is 330 g/mol. The molecule has 1 unspecified atom stereocenters. The van der Waals surface area contributed by atoms with Crippen LogP contribution in [0.25, 0.3) is 0 Å². The number of Topliss-reactive ketones (excluding diaryl/α,β-unsaturated/α-hetero) is 1. The topological polar surface area (TPSA) is 37.3 Å². The molecule has 0 aliphatic rings. The molecule has 0 heterocycles. The van der Waals surface area contributed by atoms with E-state index in [0.717, 1.165) is 12.0 Å². The standard InChI is InChI=1S/C20H26O2S/c1-6-9-15(7-2)18(22)14-19(23-20(4,5)8-3)16-10-12-17(21)13-11-16/h6-7,9-13,19,21H,1-2,8,14H2,3-5H3/b15-9+. The Morgan fingerprint density at radius 2 is 1.91 bits per heavy atom. The molecule has 23 heavy (non-hydrogen) atoms. The zero-order valence-corrected chi connectivity index (χ0v) is 15.0. The lowest BCUT2D eigenvalue weighted by atomic mass is 10.0. The van der Waals surface area contributed by atoms with Gasteiger partial charge < -0.3 is 5.11 Å². The first kappa shape index (κ1) is 19.3. The van der Waals surface area contributed by atoms with Crippen molar-refractivity contribution in [2.24, 2.45) is 0 Å². The number of allylic oxidation sites excluding steroid dienone is 4. The number of hydrogen-bond donors (Lipinski definition) is 1. The van der Waals surface area contributed by atoms with E-state index in [2.05, 4.69) is 33.9 Å². The molecule has 0 bridgehead atoms. The van der Waals surface area contributed by atoms with E-state index in [1.807, 2.05) is 12.1 Å². The van der Waals surface area contributed by atoms with Crippen molar-refractivity contribution in [3.05, 3.63) is 66.8 Å². The van der Waals surface area contributed by atoms with Crippen molar-refractivity contribution in [2.45, 2.75) is 43.6 Å². The second-order valence-corrected chi connectivity index (χ2v) is 7.91. The zero-order valence-electron chi connectivity index (χ0n) is 14.2. The highest BCUT2D eigenvalue weighted by Crippen LogP contribution is 2.43. The highest BCUT2D eigenvalue weighted by Gasteiger charge is 2.26. The predicted octanol–water partition coefficient (Wildman–Crippen LogP) is 5.61. The maximum atomic E-state index is 12.5. The molecule has 2 nitrogen and oxygen atoms in total. The van der Waals surface area contributed by atoms with Crippen molar-refractivity contribution >= 4 is 17.5 Å². The fourth-order valence-electron chi connectivity index (χ4n) is 2.07. The third-order valence-electron chi connectivity index (χ3n) is 3.79. The van der Waals surface area contributed by atoms with Crippen LogP contribution in [0.4, 0.5) is 0 Å². The van der Waals surface area contributed by atoms with Gasteiger partial charge in [-0.25, -0.2) is 0 Å². The molecule has 1 aromatic carbocycles. The minimum atomic E-state index is 0.0335. The molecule has 0 fully saturated rings. The van der Waals surface area contributed by atoms with E-state index in [-0.39, 0.29) is 21.5 Å². The van der Waals surface area contributed by atoms with Gasteiger partial charge in [-0.05, 0) is 24.1 Å². The largest absolute Gasteiger partial charge is 0.508 e. The van der Waals surface area contributed by atoms with Gasteiger partial charge >= 0.3 is 0 Å². The molecule has 1 aromatic rings. The summed E-state index contributed by atoms with van der Waals surface area (Å²) in [6.45, 7) is 13.9. The highest BCUT2D eigenvalue weighted by molar-refractivity contribution is 8.00. The Balaban J connectivity index is 3.06.